The zero-order valence-electron chi connectivity index (χ0n) is 8.25. The average molecular weight is 254 g/mol. The Balaban J connectivity index is 2.69. The minimum absolute atomic E-state index is 0.558. The standard InChI is InChI=1S/C11H12BrNO/c1-8-4-6-11(7-5-8)14-10(3)13-9(2)12/h4-7H,2H2,1,3H3/b13-10+. The minimum Gasteiger partial charge on any atom is -0.443 e. The van der Waals surface area contributed by atoms with E-state index in [4.69, 9.17) is 4.74 Å². The summed E-state index contributed by atoms with van der Waals surface area (Å²) in [6.45, 7) is 7.42. The predicted molar refractivity (Wildman–Crippen MR) is 63.0 cm³/mol. The van der Waals surface area contributed by atoms with Crippen LogP contribution in [0.3, 0.4) is 0 Å². The zero-order valence-corrected chi connectivity index (χ0v) is 9.84. The highest BCUT2D eigenvalue weighted by molar-refractivity contribution is 9.11. The molecule has 0 radical (unpaired) electrons. The van der Waals surface area contributed by atoms with Crippen LogP contribution in [-0.4, -0.2) is 5.90 Å². The molecule has 0 spiro atoms. The molecule has 0 aromatic heterocycles. The Morgan fingerprint density at radius 1 is 1.36 bits per heavy atom. The lowest BCUT2D eigenvalue weighted by Crippen LogP contribution is -2.02. The predicted octanol–water partition coefficient (Wildman–Crippen LogP) is 3.66. The van der Waals surface area contributed by atoms with Crippen molar-refractivity contribution in [1.29, 1.82) is 0 Å². The molecule has 1 aromatic carbocycles. The summed E-state index contributed by atoms with van der Waals surface area (Å²) in [5.41, 5.74) is 1.21. The van der Waals surface area contributed by atoms with Crippen molar-refractivity contribution in [3.8, 4) is 5.75 Å². The second-order valence-corrected chi connectivity index (χ2v) is 3.84. The molecule has 0 unspecified atom stereocenters. The summed E-state index contributed by atoms with van der Waals surface area (Å²) in [5.74, 6) is 1.35. The van der Waals surface area contributed by atoms with Gasteiger partial charge in [0.15, 0.2) is 5.90 Å². The Morgan fingerprint density at radius 3 is 2.43 bits per heavy atom. The number of aryl methyl sites for hydroxylation is 1. The number of benzene rings is 1. The van der Waals surface area contributed by atoms with Crippen molar-refractivity contribution in [3.05, 3.63) is 41.0 Å². The van der Waals surface area contributed by atoms with E-state index in [2.05, 4.69) is 27.5 Å². The lowest BCUT2D eigenvalue weighted by Gasteiger charge is -2.04. The van der Waals surface area contributed by atoms with E-state index in [1.54, 1.807) is 6.92 Å². The Morgan fingerprint density at radius 2 is 1.93 bits per heavy atom. The van der Waals surface area contributed by atoms with Gasteiger partial charge in [0, 0.05) is 6.92 Å². The van der Waals surface area contributed by atoms with E-state index in [1.807, 2.05) is 31.2 Å². The average Bonchev–Trinajstić information content (AvgIpc) is 2.07. The number of rotatable bonds is 2. The van der Waals surface area contributed by atoms with Gasteiger partial charge in [-0.2, -0.15) is 0 Å². The van der Waals surface area contributed by atoms with Crippen molar-refractivity contribution in [3.63, 3.8) is 0 Å². The van der Waals surface area contributed by atoms with Crippen LogP contribution >= 0.6 is 15.9 Å². The third kappa shape index (κ3) is 3.75. The van der Waals surface area contributed by atoms with Gasteiger partial charge in [-0.25, -0.2) is 4.99 Å². The smallest absolute Gasteiger partial charge is 0.192 e. The second kappa shape index (κ2) is 4.96. The van der Waals surface area contributed by atoms with Gasteiger partial charge >= 0.3 is 0 Å². The van der Waals surface area contributed by atoms with Crippen molar-refractivity contribution in [2.24, 2.45) is 4.99 Å². The molecule has 0 N–H and O–H groups in total. The molecule has 14 heavy (non-hydrogen) atoms. The van der Waals surface area contributed by atoms with Crippen molar-refractivity contribution in [2.75, 3.05) is 0 Å². The highest BCUT2D eigenvalue weighted by Gasteiger charge is 1.95. The van der Waals surface area contributed by atoms with Crippen LogP contribution in [-0.2, 0) is 0 Å². The quantitative estimate of drug-likeness (QED) is 0.448. The maximum atomic E-state index is 5.44. The first kappa shape index (κ1) is 11.0. The van der Waals surface area contributed by atoms with E-state index in [-0.39, 0.29) is 0 Å². The number of ether oxygens (including phenoxy) is 1. The van der Waals surface area contributed by atoms with E-state index in [0.29, 0.717) is 10.5 Å². The van der Waals surface area contributed by atoms with Crippen LogP contribution in [0.2, 0.25) is 0 Å². The van der Waals surface area contributed by atoms with Gasteiger partial charge in [0.05, 0.1) is 0 Å². The summed E-state index contributed by atoms with van der Waals surface area (Å²) < 4.78 is 6.00. The number of hydrogen-bond donors (Lipinski definition) is 0. The molecule has 1 aromatic rings. The van der Waals surface area contributed by atoms with Crippen LogP contribution in [0.25, 0.3) is 0 Å². The normalized spacial score (nSPS) is 11.2. The number of aliphatic imine (C=N–C) groups is 1. The van der Waals surface area contributed by atoms with Gasteiger partial charge in [-0.3, -0.25) is 0 Å². The van der Waals surface area contributed by atoms with Gasteiger partial charge in [-0.15, -0.1) is 0 Å². The molecule has 74 valence electrons. The summed E-state index contributed by atoms with van der Waals surface area (Å²) in [6, 6.07) is 7.80. The van der Waals surface area contributed by atoms with Gasteiger partial charge < -0.3 is 4.74 Å². The van der Waals surface area contributed by atoms with Crippen LogP contribution in [0.5, 0.6) is 5.75 Å². The Bertz CT molecular complexity index is 354. The topological polar surface area (TPSA) is 21.6 Å². The third-order valence-electron chi connectivity index (χ3n) is 1.57. The first-order valence-electron chi connectivity index (χ1n) is 4.22. The zero-order chi connectivity index (χ0) is 10.6. The number of hydrogen-bond acceptors (Lipinski definition) is 2. The molecule has 0 aliphatic rings. The molecule has 0 amide bonds. The lowest BCUT2D eigenvalue weighted by molar-refractivity contribution is 0.546. The molecule has 0 aliphatic heterocycles. The Labute approximate surface area is 92.4 Å². The summed E-state index contributed by atoms with van der Waals surface area (Å²) in [7, 11) is 0. The van der Waals surface area contributed by atoms with E-state index < -0.39 is 0 Å². The van der Waals surface area contributed by atoms with E-state index in [9.17, 15) is 0 Å². The molecule has 0 heterocycles. The molecule has 0 saturated carbocycles. The van der Waals surface area contributed by atoms with Crippen LogP contribution in [0.4, 0.5) is 0 Å². The first-order valence-corrected chi connectivity index (χ1v) is 5.01. The lowest BCUT2D eigenvalue weighted by atomic mass is 10.2. The van der Waals surface area contributed by atoms with Crippen LogP contribution < -0.4 is 4.74 Å². The molecule has 0 atom stereocenters. The van der Waals surface area contributed by atoms with Crippen LogP contribution in [0, 0.1) is 6.92 Å². The minimum atomic E-state index is 0.558. The van der Waals surface area contributed by atoms with Gasteiger partial charge in [0.2, 0.25) is 0 Å². The summed E-state index contributed by atoms with van der Waals surface area (Å²) in [4.78, 5) is 4.01. The molecule has 2 nitrogen and oxygen atoms in total. The van der Waals surface area contributed by atoms with Crippen molar-refractivity contribution < 1.29 is 4.74 Å². The highest BCUT2D eigenvalue weighted by atomic mass is 79.9. The van der Waals surface area contributed by atoms with Gasteiger partial charge in [-0.05, 0) is 35.0 Å². The first-order chi connectivity index (χ1) is 6.58. The molecule has 0 fully saturated rings. The summed E-state index contributed by atoms with van der Waals surface area (Å²) >= 11 is 3.14. The number of nitrogens with zero attached hydrogens (tertiary/aromatic N) is 1. The molecule has 0 saturated heterocycles. The molecule has 0 aliphatic carbocycles. The fraction of sp³-hybridized carbons (Fsp3) is 0.182. The van der Waals surface area contributed by atoms with E-state index in [1.165, 1.54) is 5.56 Å². The maximum absolute atomic E-state index is 5.44. The highest BCUT2D eigenvalue weighted by Crippen LogP contribution is 2.12. The van der Waals surface area contributed by atoms with Crippen LogP contribution in [0.1, 0.15) is 12.5 Å². The monoisotopic (exact) mass is 253 g/mol. The largest absolute Gasteiger partial charge is 0.443 e. The fourth-order valence-electron chi connectivity index (χ4n) is 0.971. The van der Waals surface area contributed by atoms with E-state index in [0.717, 1.165) is 5.75 Å². The summed E-state index contributed by atoms with van der Waals surface area (Å²) in [5, 5.41) is 0. The van der Waals surface area contributed by atoms with Crippen molar-refractivity contribution in [1.82, 2.24) is 0 Å². The summed E-state index contributed by atoms with van der Waals surface area (Å²) in [6.07, 6.45) is 0. The molecule has 1 rings (SSSR count). The Hall–Kier alpha value is -1.09. The Kier molecular flexibility index (Phi) is 3.89. The maximum Gasteiger partial charge on any atom is 0.192 e. The van der Waals surface area contributed by atoms with E-state index >= 15 is 0 Å². The number of halogens is 1. The van der Waals surface area contributed by atoms with Gasteiger partial charge in [-0.1, -0.05) is 24.3 Å². The van der Waals surface area contributed by atoms with Crippen molar-refractivity contribution in [2.45, 2.75) is 13.8 Å². The van der Waals surface area contributed by atoms with Crippen molar-refractivity contribution >= 4 is 21.8 Å². The second-order valence-electron chi connectivity index (χ2n) is 2.92. The van der Waals surface area contributed by atoms with Crippen LogP contribution in [0.15, 0.2) is 40.4 Å². The molecular formula is C11H12BrNO. The fourth-order valence-corrected chi connectivity index (χ4v) is 1.22. The molecule has 3 heteroatoms. The molecule has 0 bridgehead atoms. The van der Waals surface area contributed by atoms with Gasteiger partial charge in [0.1, 0.15) is 10.4 Å². The molecular weight excluding hydrogens is 242 g/mol. The SMILES string of the molecule is C=C(Br)/N=C(\C)Oc1ccc(C)cc1. The third-order valence-corrected chi connectivity index (χ3v) is 1.74. The van der Waals surface area contributed by atoms with Gasteiger partial charge in [0.25, 0.3) is 0 Å².